The molecule has 0 aliphatic heterocycles. The van der Waals surface area contributed by atoms with Gasteiger partial charge in [0, 0.05) is 12.6 Å². The lowest BCUT2D eigenvalue weighted by Gasteiger charge is -2.14. The zero-order chi connectivity index (χ0) is 13.7. The minimum absolute atomic E-state index is 0.0759. The summed E-state index contributed by atoms with van der Waals surface area (Å²) < 4.78 is 4.97. The second kappa shape index (κ2) is 5.97. The molecule has 7 heteroatoms. The molecule has 1 rings (SSSR count). The molecule has 98 valence electrons. The standard InChI is InChI=1S/C11H14N2O5/c1-12(7-11(14)15)6-8-3-9(13(16)17)5-10(4-8)18-2/h3-5H,6-7H2,1-2H3,(H,14,15). The number of ether oxygens (including phenoxy) is 1. The Kier molecular flexibility index (Phi) is 4.61. The minimum Gasteiger partial charge on any atom is -0.496 e. The van der Waals surface area contributed by atoms with Crippen molar-refractivity contribution in [2.45, 2.75) is 6.54 Å². The van der Waals surface area contributed by atoms with Crippen LogP contribution in [0, 0.1) is 10.1 Å². The smallest absolute Gasteiger partial charge is 0.317 e. The second-order valence-electron chi connectivity index (χ2n) is 3.86. The predicted octanol–water partition coefficient (Wildman–Crippen LogP) is 1.12. The van der Waals surface area contributed by atoms with Gasteiger partial charge in [-0.1, -0.05) is 0 Å². The van der Waals surface area contributed by atoms with Gasteiger partial charge < -0.3 is 9.84 Å². The number of carboxylic acids is 1. The number of aliphatic carboxylic acids is 1. The van der Waals surface area contributed by atoms with E-state index in [4.69, 9.17) is 9.84 Å². The molecule has 1 aromatic rings. The Bertz CT molecular complexity index is 461. The molecule has 0 saturated heterocycles. The number of nitro benzene ring substituents is 1. The van der Waals surface area contributed by atoms with Crippen molar-refractivity contribution in [3.05, 3.63) is 33.9 Å². The van der Waals surface area contributed by atoms with E-state index in [-0.39, 0.29) is 12.2 Å². The summed E-state index contributed by atoms with van der Waals surface area (Å²) in [7, 11) is 3.04. The van der Waals surface area contributed by atoms with Gasteiger partial charge in [0.15, 0.2) is 0 Å². The number of carbonyl (C=O) groups is 1. The molecule has 0 saturated carbocycles. The van der Waals surface area contributed by atoms with Crippen molar-refractivity contribution in [1.29, 1.82) is 0 Å². The van der Waals surface area contributed by atoms with Crippen LogP contribution in [0.3, 0.4) is 0 Å². The first-order chi connectivity index (χ1) is 8.42. The van der Waals surface area contributed by atoms with E-state index in [9.17, 15) is 14.9 Å². The van der Waals surface area contributed by atoms with Crippen molar-refractivity contribution in [2.75, 3.05) is 20.7 Å². The molecule has 1 aromatic carbocycles. The number of likely N-dealkylation sites (N-methyl/N-ethyl adjacent to an activating group) is 1. The van der Waals surface area contributed by atoms with Gasteiger partial charge in [0.25, 0.3) is 5.69 Å². The van der Waals surface area contributed by atoms with Crippen LogP contribution in [0.5, 0.6) is 5.75 Å². The van der Waals surface area contributed by atoms with E-state index in [0.717, 1.165) is 0 Å². The van der Waals surface area contributed by atoms with Crippen LogP contribution < -0.4 is 4.74 Å². The zero-order valence-electron chi connectivity index (χ0n) is 10.1. The van der Waals surface area contributed by atoms with Crippen molar-refractivity contribution in [3.8, 4) is 5.75 Å². The van der Waals surface area contributed by atoms with Gasteiger partial charge >= 0.3 is 5.97 Å². The number of methoxy groups -OCH3 is 1. The first-order valence-corrected chi connectivity index (χ1v) is 5.15. The van der Waals surface area contributed by atoms with Gasteiger partial charge in [-0.2, -0.15) is 0 Å². The van der Waals surface area contributed by atoms with E-state index >= 15 is 0 Å². The fourth-order valence-electron chi connectivity index (χ4n) is 1.56. The Morgan fingerprint density at radius 1 is 1.50 bits per heavy atom. The maximum atomic E-state index is 10.7. The highest BCUT2D eigenvalue weighted by atomic mass is 16.6. The molecule has 0 aliphatic carbocycles. The highest BCUT2D eigenvalue weighted by Gasteiger charge is 2.12. The number of rotatable bonds is 6. The number of carboxylic acid groups (broad SMARTS) is 1. The van der Waals surface area contributed by atoms with E-state index < -0.39 is 10.9 Å². The SMILES string of the molecule is COc1cc(CN(C)CC(=O)O)cc([N+](=O)[O-])c1. The third kappa shape index (κ3) is 4.02. The highest BCUT2D eigenvalue weighted by molar-refractivity contribution is 5.69. The number of benzene rings is 1. The topological polar surface area (TPSA) is 92.9 Å². The first kappa shape index (κ1) is 13.9. The Morgan fingerprint density at radius 3 is 2.67 bits per heavy atom. The average molecular weight is 254 g/mol. The van der Waals surface area contributed by atoms with Crippen LogP contribution in [-0.4, -0.2) is 41.6 Å². The molecule has 0 radical (unpaired) electrons. The van der Waals surface area contributed by atoms with Crippen LogP contribution in [0.2, 0.25) is 0 Å². The van der Waals surface area contributed by atoms with Crippen molar-refractivity contribution < 1.29 is 19.6 Å². The third-order valence-electron chi connectivity index (χ3n) is 2.26. The molecule has 0 fully saturated rings. The van der Waals surface area contributed by atoms with Crippen LogP contribution in [-0.2, 0) is 11.3 Å². The quantitative estimate of drug-likeness (QED) is 0.604. The van der Waals surface area contributed by atoms with E-state index in [0.29, 0.717) is 17.9 Å². The molecular formula is C11H14N2O5. The van der Waals surface area contributed by atoms with Crippen LogP contribution >= 0.6 is 0 Å². The summed E-state index contributed by atoms with van der Waals surface area (Å²) in [4.78, 5) is 22.3. The summed E-state index contributed by atoms with van der Waals surface area (Å²) in [5.74, 6) is -0.571. The lowest BCUT2D eigenvalue weighted by Crippen LogP contribution is -2.25. The van der Waals surface area contributed by atoms with E-state index in [1.807, 2.05) is 0 Å². The van der Waals surface area contributed by atoms with Crippen molar-refractivity contribution in [1.82, 2.24) is 4.90 Å². The van der Waals surface area contributed by atoms with Gasteiger partial charge in [0.1, 0.15) is 5.75 Å². The van der Waals surface area contributed by atoms with Gasteiger partial charge in [-0.05, 0) is 18.7 Å². The number of nitrogens with zero attached hydrogens (tertiary/aromatic N) is 2. The summed E-state index contributed by atoms with van der Waals surface area (Å²) in [5, 5.41) is 19.4. The summed E-state index contributed by atoms with van der Waals surface area (Å²) in [5.41, 5.74) is 0.554. The van der Waals surface area contributed by atoms with Crippen LogP contribution in [0.25, 0.3) is 0 Å². The maximum absolute atomic E-state index is 10.7. The Balaban J connectivity index is 2.90. The average Bonchev–Trinajstić information content (AvgIpc) is 2.27. The van der Waals surface area contributed by atoms with Crippen molar-refractivity contribution >= 4 is 11.7 Å². The minimum atomic E-state index is -0.949. The molecule has 0 aliphatic rings. The van der Waals surface area contributed by atoms with E-state index in [1.54, 1.807) is 18.0 Å². The Hall–Kier alpha value is -2.15. The number of nitro groups is 1. The zero-order valence-corrected chi connectivity index (χ0v) is 10.1. The molecule has 1 N–H and O–H groups in total. The summed E-state index contributed by atoms with van der Waals surface area (Å²) >= 11 is 0. The van der Waals surface area contributed by atoms with E-state index in [2.05, 4.69) is 0 Å². The summed E-state index contributed by atoms with van der Waals surface area (Å²) in [6, 6.07) is 4.37. The van der Waals surface area contributed by atoms with Crippen molar-refractivity contribution in [3.63, 3.8) is 0 Å². The van der Waals surface area contributed by atoms with Crippen LogP contribution in [0.4, 0.5) is 5.69 Å². The number of hydrogen-bond acceptors (Lipinski definition) is 5. The van der Waals surface area contributed by atoms with Gasteiger partial charge in [0.2, 0.25) is 0 Å². The molecule has 0 heterocycles. The normalized spacial score (nSPS) is 10.4. The fraction of sp³-hybridized carbons (Fsp3) is 0.364. The molecule has 18 heavy (non-hydrogen) atoms. The molecule has 7 nitrogen and oxygen atoms in total. The molecule has 0 unspecified atom stereocenters. The molecule has 0 aromatic heterocycles. The van der Waals surface area contributed by atoms with Gasteiger partial charge in [-0.15, -0.1) is 0 Å². The monoisotopic (exact) mass is 254 g/mol. The van der Waals surface area contributed by atoms with Crippen LogP contribution in [0.1, 0.15) is 5.56 Å². The highest BCUT2D eigenvalue weighted by Crippen LogP contribution is 2.23. The molecular weight excluding hydrogens is 240 g/mol. The molecule has 0 spiro atoms. The summed E-state index contributed by atoms with van der Waals surface area (Å²) in [6.45, 7) is 0.162. The lowest BCUT2D eigenvalue weighted by molar-refractivity contribution is -0.385. The second-order valence-corrected chi connectivity index (χ2v) is 3.86. The third-order valence-corrected chi connectivity index (χ3v) is 2.26. The lowest BCUT2D eigenvalue weighted by atomic mass is 10.2. The Labute approximate surface area is 104 Å². The first-order valence-electron chi connectivity index (χ1n) is 5.15. The van der Waals surface area contributed by atoms with E-state index in [1.165, 1.54) is 19.2 Å². The Morgan fingerprint density at radius 2 is 2.17 bits per heavy atom. The fourth-order valence-corrected chi connectivity index (χ4v) is 1.56. The molecule has 0 bridgehead atoms. The number of non-ortho nitro benzene ring substituents is 1. The summed E-state index contributed by atoms with van der Waals surface area (Å²) in [6.07, 6.45) is 0. The largest absolute Gasteiger partial charge is 0.496 e. The predicted molar refractivity (Wildman–Crippen MR) is 63.6 cm³/mol. The molecule has 0 amide bonds. The van der Waals surface area contributed by atoms with Gasteiger partial charge in [0.05, 0.1) is 24.6 Å². The van der Waals surface area contributed by atoms with Crippen LogP contribution in [0.15, 0.2) is 18.2 Å². The van der Waals surface area contributed by atoms with Gasteiger partial charge in [-0.3, -0.25) is 19.8 Å². The molecule has 0 atom stereocenters. The van der Waals surface area contributed by atoms with Gasteiger partial charge in [-0.25, -0.2) is 0 Å². The van der Waals surface area contributed by atoms with Crippen molar-refractivity contribution in [2.24, 2.45) is 0 Å². The maximum Gasteiger partial charge on any atom is 0.317 e. The number of hydrogen-bond donors (Lipinski definition) is 1.